The monoisotopic (exact) mass is 354 g/mol. The molecule has 0 unspecified atom stereocenters. The standard InChI is InChI=1S/C12H9F3N8O2/c13-12(14,15)6-2-1-3-7(4-6)17-8(24)5-11(20-22-23-21-11)9-10(16)19-25-18-9/h1-4H,5H2,(H2,16,19)(H,17,24). The van der Waals surface area contributed by atoms with Crippen molar-refractivity contribution in [3.8, 4) is 0 Å². The molecule has 0 radical (unpaired) electrons. The second kappa shape index (κ2) is 5.92. The maximum atomic E-state index is 12.7. The van der Waals surface area contributed by atoms with Crippen LogP contribution in [0.1, 0.15) is 17.7 Å². The van der Waals surface area contributed by atoms with Crippen LogP contribution in [0.3, 0.4) is 0 Å². The van der Waals surface area contributed by atoms with Crippen LogP contribution in [0.5, 0.6) is 0 Å². The van der Waals surface area contributed by atoms with E-state index < -0.39 is 29.7 Å². The molecule has 13 heteroatoms. The Kier molecular flexibility index (Phi) is 3.90. The van der Waals surface area contributed by atoms with Crippen LogP contribution in [0.2, 0.25) is 0 Å². The second-order valence-corrected chi connectivity index (χ2v) is 5.00. The van der Waals surface area contributed by atoms with Crippen LogP contribution in [0.15, 0.2) is 49.6 Å². The molecule has 0 saturated carbocycles. The molecule has 1 aliphatic heterocycles. The Labute approximate surface area is 136 Å². The summed E-state index contributed by atoms with van der Waals surface area (Å²) in [6.07, 6.45) is -4.99. The number of anilines is 2. The van der Waals surface area contributed by atoms with E-state index >= 15 is 0 Å². The quantitative estimate of drug-likeness (QED) is 0.867. The maximum Gasteiger partial charge on any atom is 0.416 e. The Hall–Kier alpha value is -3.38. The average molecular weight is 354 g/mol. The van der Waals surface area contributed by atoms with Gasteiger partial charge >= 0.3 is 6.18 Å². The topological polar surface area (TPSA) is 143 Å². The molecule has 0 fully saturated rings. The molecule has 25 heavy (non-hydrogen) atoms. The van der Waals surface area contributed by atoms with Gasteiger partial charge in [-0.25, -0.2) is 4.63 Å². The Balaban J connectivity index is 1.79. The van der Waals surface area contributed by atoms with Gasteiger partial charge in [-0.05, 0) is 39.0 Å². The third-order valence-electron chi connectivity index (χ3n) is 3.23. The largest absolute Gasteiger partial charge is 0.416 e. The SMILES string of the molecule is Nc1nonc1C1(CC(=O)Nc2cccc(C(F)(F)F)c2)N=NN=N1. The number of nitrogens with zero attached hydrogens (tertiary/aromatic N) is 6. The lowest BCUT2D eigenvalue weighted by Crippen LogP contribution is -2.28. The van der Waals surface area contributed by atoms with Crippen molar-refractivity contribution >= 4 is 17.4 Å². The van der Waals surface area contributed by atoms with Crippen LogP contribution in [0.25, 0.3) is 0 Å². The van der Waals surface area contributed by atoms with Gasteiger partial charge in [-0.1, -0.05) is 6.07 Å². The number of rotatable bonds is 4. The molecule has 10 nitrogen and oxygen atoms in total. The predicted octanol–water partition coefficient (Wildman–Crippen LogP) is 2.69. The van der Waals surface area contributed by atoms with Gasteiger partial charge in [-0.3, -0.25) is 4.79 Å². The number of benzene rings is 1. The number of alkyl halides is 3. The smallest absolute Gasteiger partial charge is 0.379 e. The Morgan fingerprint density at radius 2 is 1.96 bits per heavy atom. The summed E-state index contributed by atoms with van der Waals surface area (Å²) in [6, 6.07) is 4.17. The molecule has 130 valence electrons. The van der Waals surface area contributed by atoms with Gasteiger partial charge in [-0.15, -0.1) is 10.2 Å². The number of nitrogen functional groups attached to an aromatic ring is 1. The molecule has 0 aliphatic carbocycles. The normalized spacial score (nSPS) is 15.5. The molecule has 0 bridgehead atoms. The summed E-state index contributed by atoms with van der Waals surface area (Å²) in [5, 5.41) is 23.3. The van der Waals surface area contributed by atoms with Crippen molar-refractivity contribution in [2.24, 2.45) is 20.7 Å². The fraction of sp³-hybridized carbons (Fsp3) is 0.250. The van der Waals surface area contributed by atoms with Gasteiger partial charge in [0.15, 0.2) is 11.5 Å². The molecule has 0 spiro atoms. The molecule has 1 aliphatic rings. The predicted molar refractivity (Wildman–Crippen MR) is 74.8 cm³/mol. The minimum absolute atomic E-state index is 0.0481. The molecule has 0 saturated heterocycles. The lowest BCUT2D eigenvalue weighted by atomic mass is 10.0. The molecule has 2 heterocycles. The highest BCUT2D eigenvalue weighted by Crippen LogP contribution is 2.37. The van der Waals surface area contributed by atoms with E-state index in [9.17, 15) is 18.0 Å². The van der Waals surface area contributed by atoms with Crippen molar-refractivity contribution in [2.45, 2.75) is 18.3 Å². The van der Waals surface area contributed by atoms with Crippen molar-refractivity contribution in [2.75, 3.05) is 11.1 Å². The molecular weight excluding hydrogens is 345 g/mol. The van der Waals surface area contributed by atoms with Crippen molar-refractivity contribution in [1.29, 1.82) is 0 Å². The van der Waals surface area contributed by atoms with Crippen molar-refractivity contribution in [1.82, 2.24) is 10.3 Å². The zero-order valence-corrected chi connectivity index (χ0v) is 12.2. The molecule has 1 aromatic heterocycles. The van der Waals surface area contributed by atoms with E-state index in [0.717, 1.165) is 12.1 Å². The molecule has 0 atom stereocenters. The van der Waals surface area contributed by atoms with Gasteiger partial charge in [0.25, 0.3) is 5.66 Å². The zero-order valence-electron chi connectivity index (χ0n) is 12.2. The van der Waals surface area contributed by atoms with E-state index in [1.165, 1.54) is 12.1 Å². The first-order chi connectivity index (χ1) is 11.8. The first-order valence-electron chi connectivity index (χ1n) is 6.70. The Morgan fingerprint density at radius 1 is 1.24 bits per heavy atom. The number of hydrogen-bond donors (Lipinski definition) is 2. The highest BCUT2D eigenvalue weighted by molar-refractivity contribution is 5.91. The van der Waals surface area contributed by atoms with Crippen LogP contribution in [0.4, 0.5) is 24.7 Å². The molecule has 2 aromatic rings. The zero-order chi connectivity index (χ0) is 18.1. The number of nitrogens with two attached hydrogens (primary N) is 1. The summed E-state index contributed by atoms with van der Waals surface area (Å²) in [7, 11) is 0. The third-order valence-corrected chi connectivity index (χ3v) is 3.23. The number of nitrogens with one attached hydrogen (secondary N) is 1. The van der Waals surface area contributed by atoms with E-state index in [1.54, 1.807) is 0 Å². The summed E-state index contributed by atoms with van der Waals surface area (Å²) in [5.41, 5.74) is 2.88. The third kappa shape index (κ3) is 3.29. The van der Waals surface area contributed by atoms with Gasteiger partial charge in [0, 0.05) is 5.69 Å². The summed E-state index contributed by atoms with van der Waals surface area (Å²) in [4.78, 5) is 12.2. The van der Waals surface area contributed by atoms with Crippen LogP contribution in [-0.4, -0.2) is 16.2 Å². The van der Waals surface area contributed by atoms with Gasteiger partial charge in [0.2, 0.25) is 5.91 Å². The average Bonchev–Trinajstić information content (AvgIpc) is 3.16. The van der Waals surface area contributed by atoms with E-state index in [1.807, 2.05) is 0 Å². The van der Waals surface area contributed by atoms with Crippen molar-refractivity contribution < 1.29 is 22.6 Å². The fourth-order valence-electron chi connectivity index (χ4n) is 2.13. The maximum absolute atomic E-state index is 12.7. The van der Waals surface area contributed by atoms with E-state index in [-0.39, 0.29) is 17.2 Å². The van der Waals surface area contributed by atoms with Gasteiger partial charge in [0.05, 0.1) is 12.0 Å². The van der Waals surface area contributed by atoms with Gasteiger partial charge in [0.1, 0.15) is 0 Å². The van der Waals surface area contributed by atoms with Gasteiger partial charge in [-0.2, -0.15) is 13.2 Å². The lowest BCUT2D eigenvalue weighted by Gasteiger charge is -2.16. The first-order valence-corrected chi connectivity index (χ1v) is 6.70. The highest BCUT2D eigenvalue weighted by Gasteiger charge is 2.43. The van der Waals surface area contributed by atoms with Crippen LogP contribution in [0, 0.1) is 0 Å². The molecule has 3 rings (SSSR count). The van der Waals surface area contributed by atoms with E-state index in [2.05, 4.69) is 40.9 Å². The molecule has 1 amide bonds. The number of carbonyl (C=O) groups excluding carboxylic acids is 1. The highest BCUT2D eigenvalue weighted by atomic mass is 19.4. The minimum Gasteiger partial charge on any atom is -0.379 e. The first kappa shape index (κ1) is 16.5. The number of aromatic nitrogens is 2. The number of amides is 1. The molecular formula is C12H9F3N8O2. The fourth-order valence-corrected chi connectivity index (χ4v) is 2.13. The molecule has 3 N–H and O–H groups in total. The van der Waals surface area contributed by atoms with Crippen molar-refractivity contribution in [3.05, 3.63) is 35.5 Å². The number of halogens is 3. The lowest BCUT2D eigenvalue weighted by molar-refractivity contribution is -0.137. The summed E-state index contributed by atoms with van der Waals surface area (Å²) < 4.78 is 42.6. The summed E-state index contributed by atoms with van der Waals surface area (Å²) >= 11 is 0. The minimum atomic E-state index is -4.53. The van der Waals surface area contributed by atoms with Gasteiger partial charge < -0.3 is 11.1 Å². The van der Waals surface area contributed by atoms with E-state index in [4.69, 9.17) is 5.73 Å². The van der Waals surface area contributed by atoms with Crippen molar-refractivity contribution in [3.63, 3.8) is 0 Å². The van der Waals surface area contributed by atoms with E-state index in [0.29, 0.717) is 0 Å². The van der Waals surface area contributed by atoms with Crippen LogP contribution < -0.4 is 11.1 Å². The van der Waals surface area contributed by atoms with Crippen LogP contribution >= 0.6 is 0 Å². The second-order valence-electron chi connectivity index (χ2n) is 5.00. The van der Waals surface area contributed by atoms with Crippen LogP contribution in [-0.2, 0) is 16.6 Å². The molecule has 1 aromatic carbocycles. The number of hydrogen-bond acceptors (Lipinski definition) is 9. The Bertz CT molecular complexity index is 848. The summed E-state index contributed by atoms with van der Waals surface area (Å²) in [6.45, 7) is 0. The number of carbonyl (C=O) groups is 1. The summed E-state index contributed by atoms with van der Waals surface area (Å²) in [5.74, 6) is -0.867. The Morgan fingerprint density at radius 3 is 2.56 bits per heavy atom.